The monoisotopic (exact) mass is 398 g/mol. The van der Waals surface area contributed by atoms with Crippen molar-refractivity contribution in [2.45, 2.75) is 43.8 Å². The second kappa shape index (κ2) is 8.43. The third-order valence-corrected chi connectivity index (χ3v) is 5.95. The summed E-state index contributed by atoms with van der Waals surface area (Å²) < 4.78 is 0. The first-order valence-corrected chi connectivity index (χ1v) is 10.2. The van der Waals surface area contributed by atoms with E-state index in [1.165, 1.54) is 0 Å². The lowest BCUT2D eigenvalue weighted by atomic mass is 10.0. The van der Waals surface area contributed by atoms with Gasteiger partial charge in [-0.1, -0.05) is 36.2 Å². The number of carbonyl (C=O) groups is 2. The molecule has 1 amide bonds. The van der Waals surface area contributed by atoms with Gasteiger partial charge in [0, 0.05) is 37.7 Å². The Morgan fingerprint density at radius 1 is 1.31 bits per heavy atom. The van der Waals surface area contributed by atoms with Gasteiger partial charge >= 0.3 is 5.97 Å². The van der Waals surface area contributed by atoms with Gasteiger partial charge in [-0.15, -0.1) is 0 Å². The highest BCUT2D eigenvalue weighted by Gasteiger charge is 2.33. The smallest absolute Gasteiger partial charge is 0.313 e. The Bertz CT molecular complexity index is 684. The van der Waals surface area contributed by atoms with E-state index in [-0.39, 0.29) is 23.6 Å². The minimum absolute atomic E-state index is 0.0979. The molecule has 0 spiro atoms. The summed E-state index contributed by atoms with van der Waals surface area (Å²) in [7, 11) is 0. The number of aliphatic carboxylic acids is 1. The number of carboxylic acid groups (broad SMARTS) is 1. The van der Waals surface area contributed by atoms with Crippen LogP contribution in [0.25, 0.3) is 0 Å². The fraction of sp³-hybridized carbons (Fsp3) is 0.647. The molecule has 1 N–H and O–H groups in total. The Morgan fingerprint density at radius 3 is 2.69 bits per heavy atom. The molecule has 0 aromatic carbocycles. The van der Waals surface area contributed by atoms with Crippen LogP contribution < -0.4 is 4.90 Å². The topological polar surface area (TPSA) is 86.6 Å². The molecule has 1 aromatic heterocycles. The average Bonchev–Trinajstić information content (AvgIpc) is 3.13. The van der Waals surface area contributed by atoms with Crippen molar-refractivity contribution in [1.29, 1.82) is 0 Å². The zero-order chi connectivity index (χ0) is 18.7. The number of carbonyl (C=O) groups excluding carboxylic acids is 1. The molecule has 7 nitrogen and oxygen atoms in total. The SMILES string of the molecule is CC1CN(c2cc(Cl)nc(SCC(=O)O)n2)CCN1C(=O)C1CCCC1. The molecule has 3 rings (SSSR count). The molecule has 142 valence electrons. The number of thioether (sulfide) groups is 1. The molecule has 1 saturated carbocycles. The van der Waals surface area contributed by atoms with Crippen LogP contribution in [-0.2, 0) is 9.59 Å². The number of aromatic nitrogens is 2. The van der Waals surface area contributed by atoms with Crippen LogP contribution in [0.2, 0.25) is 5.15 Å². The van der Waals surface area contributed by atoms with Gasteiger partial charge in [0.25, 0.3) is 0 Å². The molecule has 1 atom stereocenters. The molecule has 1 saturated heterocycles. The van der Waals surface area contributed by atoms with E-state index in [1.807, 2.05) is 4.90 Å². The molecule has 1 aliphatic carbocycles. The number of hydrogen-bond acceptors (Lipinski definition) is 6. The number of hydrogen-bond donors (Lipinski definition) is 1. The summed E-state index contributed by atoms with van der Waals surface area (Å²) in [6, 6.07) is 1.79. The van der Waals surface area contributed by atoms with Gasteiger partial charge in [0.2, 0.25) is 5.91 Å². The minimum Gasteiger partial charge on any atom is -0.481 e. The Balaban J connectivity index is 1.66. The van der Waals surface area contributed by atoms with Gasteiger partial charge in [0.1, 0.15) is 11.0 Å². The number of piperazine rings is 1. The van der Waals surface area contributed by atoms with Crippen LogP contribution in [0.4, 0.5) is 5.82 Å². The molecule has 1 aliphatic heterocycles. The Kier molecular flexibility index (Phi) is 6.24. The highest BCUT2D eigenvalue weighted by atomic mass is 35.5. The number of amides is 1. The van der Waals surface area contributed by atoms with Crippen LogP contribution in [0.5, 0.6) is 0 Å². The second-order valence-corrected chi connectivity index (χ2v) is 8.15. The number of halogens is 1. The molecule has 2 heterocycles. The standard InChI is InChI=1S/C17H23ClN4O3S/c1-11-9-21(6-7-22(11)16(25)12-4-2-3-5-12)14-8-13(18)19-17(20-14)26-10-15(23)24/h8,11-12H,2-7,9-10H2,1H3,(H,23,24). The molecule has 0 bridgehead atoms. The second-order valence-electron chi connectivity index (χ2n) is 6.82. The van der Waals surface area contributed by atoms with Crippen molar-refractivity contribution in [3.05, 3.63) is 11.2 Å². The van der Waals surface area contributed by atoms with E-state index in [2.05, 4.69) is 21.8 Å². The summed E-state index contributed by atoms with van der Waals surface area (Å²) in [6.45, 7) is 4.08. The van der Waals surface area contributed by atoms with Crippen molar-refractivity contribution in [2.24, 2.45) is 5.92 Å². The largest absolute Gasteiger partial charge is 0.481 e. The molecule has 9 heteroatoms. The normalized spacial score (nSPS) is 21.2. The zero-order valence-corrected chi connectivity index (χ0v) is 16.3. The van der Waals surface area contributed by atoms with Gasteiger partial charge in [-0.3, -0.25) is 9.59 Å². The average molecular weight is 399 g/mol. The highest BCUT2D eigenvalue weighted by Crippen LogP contribution is 2.29. The van der Waals surface area contributed by atoms with Crippen molar-refractivity contribution in [2.75, 3.05) is 30.3 Å². The molecule has 2 aliphatic rings. The molecule has 1 unspecified atom stereocenters. The van der Waals surface area contributed by atoms with Gasteiger partial charge in [0.05, 0.1) is 5.75 Å². The van der Waals surface area contributed by atoms with Crippen LogP contribution in [0, 0.1) is 5.92 Å². The molecular weight excluding hydrogens is 376 g/mol. The number of rotatable bonds is 5. The highest BCUT2D eigenvalue weighted by molar-refractivity contribution is 7.99. The van der Waals surface area contributed by atoms with Gasteiger partial charge in [-0.05, 0) is 19.8 Å². The lowest BCUT2D eigenvalue weighted by Gasteiger charge is -2.41. The van der Waals surface area contributed by atoms with Gasteiger partial charge in [-0.25, -0.2) is 9.97 Å². The van der Waals surface area contributed by atoms with E-state index in [4.69, 9.17) is 16.7 Å². The van der Waals surface area contributed by atoms with E-state index >= 15 is 0 Å². The van der Waals surface area contributed by atoms with Crippen LogP contribution in [0.1, 0.15) is 32.6 Å². The van der Waals surface area contributed by atoms with Crippen LogP contribution in [0.15, 0.2) is 11.2 Å². The summed E-state index contributed by atoms with van der Waals surface area (Å²) in [5.41, 5.74) is 0. The van der Waals surface area contributed by atoms with Gasteiger partial charge in [0.15, 0.2) is 5.16 Å². The van der Waals surface area contributed by atoms with Crippen molar-refractivity contribution >= 4 is 41.1 Å². The Labute approximate surface area is 162 Å². The van der Waals surface area contributed by atoms with E-state index in [0.717, 1.165) is 37.4 Å². The van der Waals surface area contributed by atoms with Crippen molar-refractivity contribution < 1.29 is 14.7 Å². The summed E-state index contributed by atoms with van der Waals surface area (Å²) >= 11 is 7.13. The quantitative estimate of drug-likeness (QED) is 0.463. The Hall–Kier alpha value is -1.54. The third kappa shape index (κ3) is 4.59. The van der Waals surface area contributed by atoms with E-state index < -0.39 is 5.97 Å². The molecule has 1 aromatic rings. The fourth-order valence-corrected chi connectivity index (χ4v) is 4.44. The number of nitrogens with zero attached hydrogens (tertiary/aromatic N) is 4. The fourth-order valence-electron chi connectivity index (χ4n) is 3.64. The Morgan fingerprint density at radius 2 is 2.04 bits per heavy atom. The first-order chi connectivity index (χ1) is 12.4. The maximum Gasteiger partial charge on any atom is 0.313 e. The molecular formula is C17H23ClN4O3S. The maximum atomic E-state index is 12.7. The predicted molar refractivity (Wildman–Crippen MR) is 101 cm³/mol. The van der Waals surface area contributed by atoms with Crippen LogP contribution in [-0.4, -0.2) is 63.3 Å². The van der Waals surface area contributed by atoms with E-state index in [0.29, 0.717) is 35.8 Å². The summed E-state index contributed by atoms with van der Waals surface area (Å²) in [5, 5.41) is 9.46. The minimum atomic E-state index is -0.923. The number of carboxylic acids is 1. The summed E-state index contributed by atoms with van der Waals surface area (Å²) in [4.78, 5) is 36.0. The van der Waals surface area contributed by atoms with E-state index in [9.17, 15) is 9.59 Å². The van der Waals surface area contributed by atoms with Crippen LogP contribution in [0.3, 0.4) is 0 Å². The van der Waals surface area contributed by atoms with Crippen LogP contribution >= 0.6 is 23.4 Å². The first kappa shape index (κ1) is 19.2. The van der Waals surface area contributed by atoms with Crippen molar-refractivity contribution in [1.82, 2.24) is 14.9 Å². The van der Waals surface area contributed by atoms with E-state index in [1.54, 1.807) is 6.07 Å². The molecule has 2 fully saturated rings. The summed E-state index contributed by atoms with van der Waals surface area (Å²) in [6.07, 6.45) is 4.33. The number of anilines is 1. The van der Waals surface area contributed by atoms with Crippen molar-refractivity contribution in [3.8, 4) is 0 Å². The lowest BCUT2D eigenvalue weighted by molar-refractivity contribution is -0.138. The molecule has 26 heavy (non-hydrogen) atoms. The van der Waals surface area contributed by atoms with Crippen molar-refractivity contribution in [3.63, 3.8) is 0 Å². The lowest BCUT2D eigenvalue weighted by Crippen LogP contribution is -2.55. The van der Waals surface area contributed by atoms with Gasteiger partial charge in [-0.2, -0.15) is 0 Å². The molecule has 0 radical (unpaired) electrons. The van der Waals surface area contributed by atoms with Gasteiger partial charge < -0.3 is 14.9 Å². The third-order valence-electron chi connectivity index (χ3n) is 4.92. The first-order valence-electron chi connectivity index (χ1n) is 8.88. The summed E-state index contributed by atoms with van der Waals surface area (Å²) in [5.74, 6) is 0.120. The predicted octanol–water partition coefficient (Wildman–Crippen LogP) is 2.53. The maximum absolute atomic E-state index is 12.7. The zero-order valence-electron chi connectivity index (χ0n) is 14.7.